The number of carbonyl (C=O) groups excluding carboxylic acids is 3. The van der Waals surface area contributed by atoms with Gasteiger partial charge in [0.05, 0.1) is 17.7 Å². The summed E-state index contributed by atoms with van der Waals surface area (Å²) in [4.78, 5) is 38.7. The Morgan fingerprint density at radius 1 is 1.10 bits per heavy atom. The van der Waals surface area contributed by atoms with Gasteiger partial charge in [0.15, 0.2) is 0 Å². The van der Waals surface area contributed by atoms with Crippen LogP contribution in [0.2, 0.25) is 0 Å². The lowest BCUT2D eigenvalue weighted by Crippen LogP contribution is -2.27. The Balaban J connectivity index is 1.50. The largest absolute Gasteiger partial charge is 0.457 e. The van der Waals surface area contributed by atoms with Gasteiger partial charge in [-0.15, -0.1) is 0 Å². The highest BCUT2D eigenvalue weighted by Crippen LogP contribution is 2.33. The van der Waals surface area contributed by atoms with E-state index >= 15 is 0 Å². The van der Waals surface area contributed by atoms with Crippen LogP contribution in [0.15, 0.2) is 76.2 Å². The fourth-order valence-corrected chi connectivity index (χ4v) is 3.84. The Hall–Kier alpha value is -3.58. The standard InChI is InChI=1S/C23H17NO5S/c1-15-5-2-7-17(11-15)14-24-21(25)20(30-23(24)27)13-16-6-3-8-18(12-16)29-22(26)19-9-4-10-28-19/h2-13H,14H2,1H3/b20-13-. The van der Waals surface area contributed by atoms with Gasteiger partial charge in [-0.25, -0.2) is 4.79 Å². The van der Waals surface area contributed by atoms with Crippen molar-refractivity contribution >= 4 is 35.0 Å². The van der Waals surface area contributed by atoms with Crippen LogP contribution < -0.4 is 4.74 Å². The third-order valence-electron chi connectivity index (χ3n) is 4.39. The molecule has 1 saturated heterocycles. The maximum absolute atomic E-state index is 12.7. The molecule has 0 aliphatic carbocycles. The molecule has 0 N–H and O–H groups in total. The van der Waals surface area contributed by atoms with E-state index in [0.29, 0.717) is 16.2 Å². The smallest absolute Gasteiger partial charge is 0.379 e. The van der Waals surface area contributed by atoms with Crippen molar-refractivity contribution in [2.45, 2.75) is 13.5 Å². The molecule has 30 heavy (non-hydrogen) atoms. The van der Waals surface area contributed by atoms with Crippen LogP contribution in [0.5, 0.6) is 5.75 Å². The summed E-state index contributed by atoms with van der Waals surface area (Å²) in [5.74, 6) is -0.554. The zero-order chi connectivity index (χ0) is 21.1. The van der Waals surface area contributed by atoms with Gasteiger partial charge in [-0.1, -0.05) is 42.0 Å². The molecule has 0 spiro atoms. The van der Waals surface area contributed by atoms with Crippen molar-refractivity contribution in [1.29, 1.82) is 0 Å². The van der Waals surface area contributed by atoms with Crippen LogP contribution in [-0.2, 0) is 11.3 Å². The molecule has 2 amide bonds. The second kappa shape index (κ2) is 8.42. The molecule has 3 aromatic rings. The Labute approximate surface area is 177 Å². The van der Waals surface area contributed by atoms with Gasteiger partial charge in [-0.05, 0) is 60.2 Å². The highest BCUT2D eigenvalue weighted by atomic mass is 32.2. The van der Waals surface area contributed by atoms with E-state index in [1.165, 1.54) is 17.2 Å². The number of furan rings is 1. The quantitative estimate of drug-likeness (QED) is 0.327. The average molecular weight is 419 g/mol. The normalized spacial score (nSPS) is 15.1. The summed E-state index contributed by atoms with van der Waals surface area (Å²) in [7, 11) is 0. The zero-order valence-electron chi connectivity index (χ0n) is 16.0. The van der Waals surface area contributed by atoms with Gasteiger partial charge in [-0.2, -0.15) is 0 Å². The Morgan fingerprint density at radius 3 is 2.70 bits per heavy atom. The van der Waals surface area contributed by atoms with E-state index in [1.54, 1.807) is 36.4 Å². The number of hydrogen-bond acceptors (Lipinski definition) is 6. The topological polar surface area (TPSA) is 76.8 Å². The third kappa shape index (κ3) is 4.36. The molecule has 0 atom stereocenters. The number of hydrogen-bond donors (Lipinski definition) is 0. The van der Waals surface area contributed by atoms with E-state index in [-0.39, 0.29) is 23.5 Å². The first kappa shape index (κ1) is 19.7. The average Bonchev–Trinajstić information content (AvgIpc) is 3.34. The van der Waals surface area contributed by atoms with Crippen molar-refractivity contribution in [2.75, 3.05) is 0 Å². The molecule has 6 nitrogen and oxygen atoms in total. The van der Waals surface area contributed by atoms with Crippen LogP contribution >= 0.6 is 11.8 Å². The highest BCUT2D eigenvalue weighted by molar-refractivity contribution is 8.18. The number of esters is 1. The molecule has 0 saturated carbocycles. The van der Waals surface area contributed by atoms with Crippen LogP contribution in [0.25, 0.3) is 6.08 Å². The highest BCUT2D eigenvalue weighted by Gasteiger charge is 2.35. The molecule has 4 rings (SSSR count). The predicted molar refractivity (Wildman–Crippen MR) is 113 cm³/mol. The van der Waals surface area contributed by atoms with Gasteiger partial charge < -0.3 is 9.15 Å². The van der Waals surface area contributed by atoms with E-state index in [2.05, 4.69) is 0 Å². The van der Waals surface area contributed by atoms with Gasteiger partial charge in [-0.3, -0.25) is 14.5 Å². The fourth-order valence-electron chi connectivity index (χ4n) is 3.00. The minimum atomic E-state index is -0.615. The number of aryl methyl sites for hydroxylation is 1. The molecule has 2 heterocycles. The van der Waals surface area contributed by atoms with E-state index in [0.717, 1.165) is 22.9 Å². The SMILES string of the molecule is Cc1cccc(CN2C(=O)S/C(=C\c3cccc(OC(=O)c4ccco4)c3)C2=O)c1. The number of imide groups is 1. The molecule has 0 bridgehead atoms. The summed E-state index contributed by atoms with van der Waals surface area (Å²) in [5, 5.41) is -0.312. The molecule has 1 fully saturated rings. The second-order valence-electron chi connectivity index (χ2n) is 6.70. The summed E-state index contributed by atoms with van der Waals surface area (Å²) in [5.41, 5.74) is 2.60. The lowest BCUT2D eigenvalue weighted by atomic mass is 10.1. The van der Waals surface area contributed by atoms with Gasteiger partial charge in [0.1, 0.15) is 5.75 Å². The van der Waals surface area contributed by atoms with Crippen LogP contribution in [0.1, 0.15) is 27.2 Å². The first-order valence-electron chi connectivity index (χ1n) is 9.16. The number of rotatable bonds is 5. The molecule has 1 aliphatic rings. The van der Waals surface area contributed by atoms with Crippen LogP contribution in [0.4, 0.5) is 4.79 Å². The van der Waals surface area contributed by atoms with Crippen molar-refractivity contribution in [3.05, 3.63) is 94.3 Å². The van der Waals surface area contributed by atoms with Crippen molar-refractivity contribution in [3.63, 3.8) is 0 Å². The molecular formula is C23H17NO5S. The maximum Gasteiger partial charge on any atom is 0.379 e. The summed E-state index contributed by atoms with van der Waals surface area (Å²) in [6, 6.07) is 17.5. The van der Waals surface area contributed by atoms with Crippen LogP contribution in [0, 0.1) is 6.92 Å². The van der Waals surface area contributed by atoms with Crippen LogP contribution in [0.3, 0.4) is 0 Å². The van der Waals surface area contributed by atoms with Crippen molar-refractivity contribution < 1.29 is 23.5 Å². The minimum absolute atomic E-state index is 0.0951. The van der Waals surface area contributed by atoms with E-state index in [1.807, 2.05) is 31.2 Å². The van der Waals surface area contributed by atoms with E-state index < -0.39 is 5.97 Å². The van der Waals surface area contributed by atoms with Gasteiger partial charge in [0, 0.05) is 0 Å². The molecule has 1 aromatic heterocycles. The second-order valence-corrected chi connectivity index (χ2v) is 7.69. The lowest BCUT2D eigenvalue weighted by molar-refractivity contribution is -0.123. The summed E-state index contributed by atoms with van der Waals surface area (Å²) < 4.78 is 10.3. The number of nitrogens with zero attached hydrogens (tertiary/aromatic N) is 1. The minimum Gasteiger partial charge on any atom is -0.457 e. The molecular weight excluding hydrogens is 402 g/mol. The number of benzene rings is 2. The number of amides is 2. The number of ether oxygens (including phenoxy) is 1. The molecule has 150 valence electrons. The monoisotopic (exact) mass is 419 g/mol. The molecule has 1 aliphatic heterocycles. The molecule has 7 heteroatoms. The van der Waals surface area contributed by atoms with Crippen molar-refractivity contribution in [3.8, 4) is 5.75 Å². The Bertz CT molecular complexity index is 1150. The van der Waals surface area contributed by atoms with E-state index in [4.69, 9.17) is 9.15 Å². The number of thioether (sulfide) groups is 1. The van der Waals surface area contributed by atoms with Gasteiger partial charge in [0.25, 0.3) is 11.1 Å². The van der Waals surface area contributed by atoms with Crippen LogP contribution in [-0.4, -0.2) is 22.0 Å². The van der Waals surface area contributed by atoms with Gasteiger partial charge in [0.2, 0.25) is 5.76 Å². The summed E-state index contributed by atoms with van der Waals surface area (Å²) in [6.45, 7) is 2.19. The predicted octanol–water partition coefficient (Wildman–Crippen LogP) is 5.04. The zero-order valence-corrected chi connectivity index (χ0v) is 16.8. The summed E-state index contributed by atoms with van der Waals surface area (Å²) in [6.07, 6.45) is 3.01. The van der Waals surface area contributed by atoms with E-state index in [9.17, 15) is 14.4 Å². The molecule has 0 radical (unpaired) electrons. The first-order valence-corrected chi connectivity index (χ1v) is 9.98. The Kier molecular flexibility index (Phi) is 5.54. The Morgan fingerprint density at radius 2 is 1.93 bits per heavy atom. The molecule has 0 unspecified atom stereocenters. The maximum atomic E-state index is 12.7. The third-order valence-corrected chi connectivity index (χ3v) is 5.29. The molecule has 2 aromatic carbocycles. The first-order chi connectivity index (χ1) is 14.5. The van der Waals surface area contributed by atoms with Gasteiger partial charge >= 0.3 is 5.97 Å². The fraction of sp³-hybridized carbons (Fsp3) is 0.0870. The van der Waals surface area contributed by atoms with Crippen molar-refractivity contribution in [2.24, 2.45) is 0 Å². The number of carbonyl (C=O) groups is 3. The summed E-state index contributed by atoms with van der Waals surface area (Å²) >= 11 is 0.894. The lowest BCUT2D eigenvalue weighted by Gasteiger charge is -2.12. The van der Waals surface area contributed by atoms with Crippen molar-refractivity contribution in [1.82, 2.24) is 4.90 Å².